The van der Waals surface area contributed by atoms with Crippen LogP contribution in [0.15, 0.2) is 18.2 Å². The first-order valence-corrected chi connectivity index (χ1v) is 7.22. The van der Waals surface area contributed by atoms with E-state index in [4.69, 9.17) is 9.47 Å². The number of nitrogens with one attached hydrogen (secondary N) is 1. The lowest BCUT2D eigenvalue weighted by atomic mass is 9.94. The van der Waals surface area contributed by atoms with Gasteiger partial charge in [0.05, 0.1) is 14.2 Å². The molecule has 3 nitrogen and oxygen atoms in total. The maximum atomic E-state index is 5.36. The highest BCUT2D eigenvalue weighted by molar-refractivity contribution is 5.43. The molecule has 3 heteroatoms. The van der Waals surface area contributed by atoms with Crippen molar-refractivity contribution in [2.75, 3.05) is 14.2 Å². The lowest BCUT2D eigenvalue weighted by molar-refractivity contribution is 0.342. The van der Waals surface area contributed by atoms with Crippen LogP contribution in [0.3, 0.4) is 0 Å². The molecule has 1 saturated carbocycles. The van der Waals surface area contributed by atoms with Gasteiger partial charge in [0.15, 0.2) is 11.5 Å². The SMILES string of the molecule is COc1ccc(C(C)NC2CCCCC2)cc1OC. The standard InChI is InChI=1S/C16H25NO2/c1-12(17-14-7-5-4-6-8-14)13-9-10-15(18-2)16(11-13)19-3/h9-12,14,17H,4-8H2,1-3H3. The molecular formula is C16H25NO2. The summed E-state index contributed by atoms with van der Waals surface area (Å²) in [7, 11) is 3.35. The first-order chi connectivity index (χ1) is 9.24. The van der Waals surface area contributed by atoms with Gasteiger partial charge in [0, 0.05) is 12.1 Å². The van der Waals surface area contributed by atoms with Crippen LogP contribution in [0.4, 0.5) is 0 Å². The van der Waals surface area contributed by atoms with E-state index in [9.17, 15) is 0 Å². The fourth-order valence-electron chi connectivity index (χ4n) is 2.84. The predicted molar refractivity (Wildman–Crippen MR) is 78.0 cm³/mol. The molecule has 106 valence electrons. The molecule has 0 bridgehead atoms. The summed E-state index contributed by atoms with van der Waals surface area (Å²) in [6, 6.07) is 7.17. The summed E-state index contributed by atoms with van der Waals surface area (Å²) in [5.74, 6) is 1.59. The molecule has 1 aromatic rings. The molecule has 19 heavy (non-hydrogen) atoms. The third-order valence-corrected chi connectivity index (χ3v) is 4.00. The van der Waals surface area contributed by atoms with Crippen molar-refractivity contribution in [2.45, 2.75) is 51.1 Å². The quantitative estimate of drug-likeness (QED) is 0.879. The van der Waals surface area contributed by atoms with Crippen LogP contribution in [-0.4, -0.2) is 20.3 Å². The Hall–Kier alpha value is -1.22. The highest BCUT2D eigenvalue weighted by Crippen LogP contribution is 2.30. The van der Waals surface area contributed by atoms with Crippen LogP contribution in [0, 0.1) is 0 Å². The maximum absolute atomic E-state index is 5.36. The van der Waals surface area contributed by atoms with Gasteiger partial charge in [-0.15, -0.1) is 0 Å². The molecule has 1 atom stereocenters. The van der Waals surface area contributed by atoms with E-state index in [1.54, 1.807) is 14.2 Å². The molecule has 0 radical (unpaired) electrons. The molecule has 1 unspecified atom stereocenters. The summed E-state index contributed by atoms with van der Waals surface area (Å²) < 4.78 is 10.6. The van der Waals surface area contributed by atoms with Crippen LogP contribution in [0.2, 0.25) is 0 Å². The van der Waals surface area contributed by atoms with Crippen molar-refractivity contribution in [1.82, 2.24) is 5.32 Å². The number of benzene rings is 1. The zero-order chi connectivity index (χ0) is 13.7. The minimum absolute atomic E-state index is 0.350. The average molecular weight is 263 g/mol. The molecule has 1 fully saturated rings. The Morgan fingerprint density at radius 2 is 1.74 bits per heavy atom. The Bertz CT molecular complexity index is 400. The maximum Gasteiger partial charge on any atom is 0.161 e. The molecule has 0 aromatic heterocycles. The van der Waals surface area contributed by atoms with E-state index < -0.39 is 0 Å². The van der Waals surface area contributed by atoms with Crippen LogP contribution in [-0.2, 0) is 0 Å². The summed E-state index contributed by atoms with van der Waals surface area (Å²) in [5.41, 5.74) is 1.25. The van der Waals surface area contributed by atoms with Crippen LogP contribution >= 0.6 is 0 Å². The summed E-state index contributed by atoms with van der Waals surface area (Å²) in [4.78, 5) is 0. The molecule has 0 spiro atoms. The monoisotopic (exact) mass is 263 g/mol. The van der Waals surface area contributed by atoms with Crippen LogP contribution in [0.5, 0.6) is 11.5 Å². The Balaban J connectivity index is 2.03. The van der Waals surface area contributed by atoms with Crippen molar-refractivity contribution in [2.24, 2.45) is 0 Å². The zero-order valence-electron chi connectivity index (χ0n) is 12.2. The number of methoxy groups -OCH3 is 2. The Morgan fingerprint density at radius 1 is 1.05 bits per heavy atom. The van der Waals surface area contributed by atoms with Gasteiger partial charge in [-0.25, -0.2) is 0 Å². The average Bonchev–Trinajstić information content (AvgIpc) is 2.47. The Morgan fingerprint density at radius 3 is 2.37 bits per heavy atom. The van der Waals surface area contributed by atoms with Crippen LogP contribution in [0.1, 0.15) is 50.6 Å². The first kappa shape index (κ1) is 14.2. The molecule has 1 aliphatic carbocycles. The molecular weight excluding hydrogens is 238 g/mol. The molecule has 0 aliphatic heterocycles. The molecule has 1 N–H and O–H groups in total. The summed E-state index contributed by atoms with van der Waals surface area (Å²) in [6.07, 6.45) is 6.71. The van der Waals surface area contributed by atoms with Gasteiger partial charge < -0.3 is 14.8 Å². The lowest BCUT2D eigenvalue weighted by Crippen LogP contribution is -2.33. The number of hydrogen-bond donors (Lipinski definition) is 1. The minimum atomic E-state index is 0.350. The van der Waals surface area contributed by atoms with E-state index in [2.05, 4.69) is 24.4 Å². The van der Waals surface area contributed by atoms with Crippen LogP contribution < -0.4 is 14.8 Å². The van der Waals surface area contributed by atoms with Gasteiger partial charge in [-0.05, 0) is 37.5 Å². The van der Waals surface area contributed by atoms with E-state index in [0.29, 0.717) is 12.1 Å². The Kier molecular flexibility index (Phi) is 5.08. The normalized spacial score (nSPS) is 18.1. The minimum Gasteiger partial charge on any atom is -0.493 e. The summed E-state index contributed by atoms with van der Waals surface area (Å²) in [6.45, 7) is 2.22. The number of rotatable bonds is 5. The van der Waals surface area contributed by atoms with Gasteiger partial charge >= 0.3 is 0 Å². The van der Waals surface area contributed by atoms with Gasteiger partial charge in [-0.2, -0.15) is 0 Å². The zero-order valence-corrected chi connectivity index (χ0v) is 12.2. The fraction of sp³-hybridized carbons (Fsp3) is 0.625. The third-order valence-electron chi connectivity index (χ3n) is 4.00. The number of hydrogen-bond acceptors (Lipinski definition) is 3. The predicted octanol–water partition coefficient (Wildman–Crippen LogP) is 3.69. The summed E-state index contributed by atoms with van der Waals surface area (Å²) >= 11 is 0. The highest BCUT2D eigenvalue weighted by atomic mass is 16.5. The molecule has 1 aromatic carbocycles. The van der Waals surface area contributed by atoms with Crippen molar-refractivity contribution in [1.29, 1.82) is 0 Å². The van der Waals surface area contributed by atoms with Crippen molar-refractivity contribution in [3.63, 3.8) is 0 Å². The van der Waals surface area contributed by atoms with Gasteiger partial charge in [-0.1, -0.05) is 25.3 Å². The van der Waals surface area contributed by atoms with Gasteiger partial charge in [0.1, 0.15) is 0 Å². The van der Waals surface area contributed by atoms with Crippen molar-refractivity contribution in [3.8, 4) is 11.5 Å². The fourth-order valence-corrected chi connectivity index (χ4v) is 2.84. The summed E-state index contributed by atoms with van der Waals surface area (Å²) in [5, 5.41) is 3.73. The van der Waals surface area contributed by atoms with Crippen molar-refractivity contribution < 1.29 is 9.47 Å². The Labute approximate surface area is 116 Å². The topological polar surface area (TPSA) is 30.5 Å². The van der Waals surface area contributed by atoms with Crippen LogP contribution in [0.25, 0.3) is 0 Å². The lowest BCUT2D eigenvalue weighted by Gasteiger charge is -2.27. The first-order valence-electron chi connectivity index (χ1n) is 7.22. The van der Waals surface area contributed by atoms with Crippen molar-refractivity contribution in [3.05, 3.63) is 23.8 Å². The second-order valence-corrected chi connectivity index (χ2v) is 5.34. The smallest absolute Gasteiger partial charge is 0.161 e. The molecule has 2 rings (SSSR count). The molecule has 0 heterocycles. The van der Waals surface area contributed by atoms with Gasteiger partial charge in [0.25, 0.3) is 0 Å². The van der Waals surface area contributed by atoms with E-state index in [1.165, 1.54) is 37.7 Å². The molecule has 0 amide bonds. The largest absolute Gasteiger partial charge is 0.493 e. The third kappa shape index (κ3) is 3.63. The molecule has 1 aliphatic rings. The second-order valence-electron chi connectivity index (χ2n) is 5.34. The molecule has 0 saturated heterocycles. The van der Waals surface area contributed by atoms with E-state index in [-0.39, 0.29) is 0 Å². The highest BCUT2D eigenvalue weighted by Gasteiger charge is 2.17. The van der Waals surface area contributed by atoms with Crippen molar-refractivity contribution >= 4 is 0 Å². The number of ether oxygens (including phenoxy) is 2. The second kappa shape index (κ2) is 6.80. The van der Waals surface area contributed by atoms with Gasteiger partial charge in [-0.3, -0.25) is 0 Å². The van der Waals surface area contributed by atoms with E-state index in [1.807, 2.05) is 6.07 Å². The van der Waals surface area contributed by atoms with E-state index >= 15 is 0 Å². The van der Waals surface area contributed by atoms with E-state index in [0.717, 1.165) is 11.5 Å². The van der Waals surface area contributed by atoms with Gasteiger partial charge in [0.2, 0.25) is 0 Å².